The van der Waals surface area contributed by atoms with Crippen LogP contribution in [0, 0.1) is 13.8 Å². The Bertz CT molecular complexity index is 766. The summed E-state index contributed by atoms with van der Waals surface area (Å²) in [6.07, 6.45) is 2.18. The van der Waals surface area contributed by atoms with Gasteiger partial charge in [-0.05, 0) is 45.7 Å². The van der Waals surface area contributed by atoms with E-state index >= 15 is 0 Å². The SMILES string of the molecule is COCC1[C@@H](NS(=O)(=O)C(C)C)CCN1C(=O)COc1nccc(C)c1C. The average molecular weight is 400 g/mol. The number of ether oxygens (including phenoxy) is 2. The maximum absolute atomic E-state index is 12.7. The Balaban J connectivity index is 2.05. The van der Waals surface area contributed by atoms with E-state index in [0.717, 1.165) is 11.1 Å². The Labute approximate surface area is 161 Å². The molecule has 1 aromatic heterocycles. The van der Waals surface area contributed by atoms with E-state index in [2.05, 4.69) is 9.71 Å². The Kier molecular flexibility index (Phi) is 7.19. The first-order valence-electron chi connectivity index (χ1n) is 9.02. The van der Waals surface area contributed by atoms with Crippen LogP contribution in [-0.4, -0.2) is 68.4 Å². The Morgan fingerprint density at radius 3 is 2.74 bits per heavy atom. The van der Waals surface area contributed by atoms with Crippen molar-refractivity contribution in [2.75, 3.05) is 26.9 Å². The largest absolute Gasteiger partial charge is 0.467 e. The number of aryl methyl sites for hydroxylation is 1. The van der Waals surface area contributed by atoms with Gasteiger partial charge in [0.1, 0.15) is 0 Å². The molecule has 0 aromatic carbocycles. The van der Waals surface area contributed by atoms with Crippen LogP contribution >= 0.6 is 0 Å². The maximum atomic E-state index is 12.7. The number of carbonyl (C=O) groups is 1. The molecule has 9 heteroatoms. The lowest BCUT2D eigenvalue weighted by Gasteiger charge is -2.28. The van der Waals surface area contributed by atoms with E-state index in [9.17, 15) is 13.2 Å². The van der Waals surface area contributed by atoms with Crippen LogP contribution in [0.1, 0.15) is 31.4 Å². The first-order chi connectivity index (χ1) is 12.7. The predicted octanol–water partition coefficient (Wildman–Crippen LogP) is 1.02. The van der Waals surface area contributed by atoms with Gasteiger partial charge in [0.2, 0.25) is 15.9 Å². The van der Waals surface area contributed by atoms with Crippen molar-refractivity contribution in [2.24, 2.45) is 0 Å². The number of sulfonamides is 1. The minimum Gasteiger partial charge on any atom is -0.467 e. The highest BCUT2D eigenvalue weighted by atomic mass is 32.2. The van der Waals surface area contributed by atoms with Crippen LogP contribution < -0.4 is 9.46 Å². The standard InChI is InChI=1S/C18H29N3O5S/c1-12(2)27(23,24)20-15-7-9-21(16(15)10-25-5)17(22)11-26-18-14(4)13(3)6-8-19-18/h6,8,12,15-16,20H,7,9-11H2,1-5H3/t15-,16?/m0/s1. The molecule has 1 aliphatic rings. The molecule has 152 valence electrons. The number of nitrogens with zero attached hydrogens (tertiary/aromatic N) is 2. The summed E-state index contributed by atoms with van der Waals surface area (Å²) < 4.78 is 38.0. The zero-order valence-corrected chi connectivity index (χ0v) is 17.4. The fourth-order valence-electron chi connectivity index (χ4n) is 2.99. The first-order valence-corrected chi connectivity index (χ1v) is 10.6. The molecule has 1 amide bonds. The lowest BCUT2D eigenvalue weighted by Crippen LogP contribution is -2.51. The van der Waals surface area contributed by atoms with Gasteiger partial charge in [-0.2, -0.15) is 0 Å². The van der Waals surface area contributed by atoms with E-state index in [1.165, 1.54) is 7.11 Å². The number of aromatic nitrogens is 1. The summed E-state index contributed by atoms with van der Waals surface area (Å²) in [5.41, 5.74) is 1.93. The molecule has 1 unspecified atom stereocenters. The number of nitrogens with one attached hydrogen (secondary N) is 1. The fourth-order valence-corrected chi connectivity index (χ4v) is 3.96. The average Bonchev–Trinajstić information content (AvgIpc) is 2.98. The number of amides is 1. The molecule has 0 spiro atoms. The highest BCUT2D eigenvalue weighted by molar-refractivity contribution is 7.90. The Morgan fingerprint density at radius 2 is 2.11 bits per heavy atom. The molecule has 2 heterocycles. The highest BCUT2D eigenvalue weighted by Crippen LogP contribution is 2.22. The number of hydrogen-bond acceptors (Lipinski definition) is 6. The van der Waals surface area contributed by atoms with Crippen LogP contribution in [0.3, 0.4) is 0 Å². The quantitative estimate of drug-likeness (QED) is 0.701. The molecule has 0 bridgehead atoms. The van der Waals surface area contributed by atoms with Gasteiger partial charge in [-0.15, -0.1) is 0 Å². The van der Waals surface area contributed by atoms with Crippen LogP contribution in [0.2, 0.25) is 0 Å². The monoisotopic (exact) mass is 399 g/mol. The third-order valence-corrected chi connectivity index (χ3v) is 6.77. The molecule has 1 saturated heterocycles. The number of carbonyl (C=O) groups excluding carboxylic acids is 1. The maximum Gasteiger partial charge on any atom is 0.260 e. The van der Waals surface area contributed by atoms with Gasteiger partial charge in [0.15, 0.2) is 6.61 Å². The highest BCUT2D eigenvalue weighted by Gasteiger charge is 2.39. The van der Waals surface area contributed by atoms with Crippen LogP contribution in [0.4, 0.5) is 0 Å². The second-order valence-electron chi connectivity index (χ2n) is 7.06. The normalized spacial score (nSPS) is 20.3. The minimum absolute atomic E-state index is 0.152. The van der Waals surface area contributed by atoms with Crippen LogP contribution in [0.15, 0.2) is 12.3 Å². The number of pyridine rings is 1. The van der Waals surface area contributed by atoms with Gasteiger partial charge in [-0.3, -0.25) is 4.79 Å². The lowest BCUT2D eigenvalue weighted by atomic mass is 10.1. The second kappa shape index (κ2) is 8.99. The summed E-state index contributed by atoms with van der Waals surface area (Å²) in [5.74, 6) is 0.217. The molecule has 2 atom stereocenters. The zero-order valence-electron chi connectivity index (χ0n) is 16.6. The molecule has 2 rings (SSSR count). The molecule has 0 saturated carbocycles. The van der Waals surface area contributed by atoms with Crippen molar-refractivity contribution in [3.63, 3.8) is 0 Å². The van der Waals surface area contributed by atoms with E-state index in [0.29, 0.717) is 18.8 Å². The number of hydrogen-bond donors (Lipinski definition) is 1. The third-order valence-electron chi connectivity index (χ3n) is 4.90. The van der Waals surface area contributed by atoms with Gasteiger partial charge in [0.25, 0.3) is 5.91 Å². The summed E-state index contributed by atoms with van der Waals surface area (Å²) in [6, 6.07) is 1.14. The fraction of sp³-hybridized carbons (Fsp3) is 0.667. The van der Waals surface area contributed by atoms with E-state index < -0.39 is 15.3 Å². The topological polar surface area (TPSA) is 97.8 Å². The van der Waals surface area contributed by atoms with Crippen molar-refractivity contribution in [1.82, 2.24) is 14.6 Å². The molecule has 1 fully saturated rings. The van der Waals surface area contributed by atoms with E-state index in [-0.39, 0.29) is 31.2 Å². The summed E-state index contributed by atoms with van der Waals surface area (Å²) in [5, 5.41) is -0.538. The smallest absolute Gasteiger partial charge is 0.260 e. The van der Waals surface area contributed by atoms with Crippen molar-refractivity contribution in [2.45, 2.75) is 51.4 Å². The summed E-state index contributed by atoms with van der Waals surface area (Å²) in [6.45, 7) is 7.63. The first kappa shape index (κ1) is 21.6. The van der Waals surface area contributed by atoms with E-state index in [4.69, 9.17) is 9.47 Å². The third kappa shape index (κ3) is 5.18. The van der Waals surface area contributed by atoms with Gasteiger partial charge in [-0.1, -0.05) is 0 Å². The number of likely N-dealkylation sites (tertiary alicyclic amines) is 1. The van der Waals surface area contributed by atoms with Crippen molar-refractivity contribution in [3.8, 4) is 5.88 Å². The zero-order chi connectivity index (χ0) is 20.2. The molecule has 1 aromatic rings. The van der Waals surface area contributed by atoms with Crippen molar-refractivity contribution in [3.05, 3.63) is 23.4 Å². The lowest BCUT2D eigenvalue weighted by molar-refractivity contribution is -0.135. The minimum atomic E-state index is -3.43. The van der Waals surface area contributed by atoms with Crippen molar-refractivity contribution < 1.29 is 22.7 Å². The summed E-state index contributed by atoms with van der Waals surface area (Å²) >= 11 is 0. The number of rotatable bonds is 8. The molecule has 0 aliphatic carbocycles. The van der Waals surface area contributed by atoms with Gasteiger partial charge in [-0.25, -0.2) is 18.1 Å². The Morgan fingerprint density at radius 1 is 1.41 bits per heavy atom. The van der Waals surface area contributed by atoms with E-state index in [1.54, 1.807) is 24.9 Å². The summed E-state index contributed by atoms with van der Waals surface area (Å²) in [7, 11) is -1.90. The van der Waals surface area contributed by atoms with Crippen LogP contribution in [0.25, 0.3) is 0 Å². The molecule has 0 radical (unpaired) electrons. The van der Waals surface area contributed by atoms with Gasteiger partial charge < -0.3 is 14.4 Å². The van der Waals surface area contributed by atoms with Gasteiger partial charge in [0.05, 0.1) is 17.9 Å². The van der Waals surface area contributed by atoms with Crippen LogP contribution in [-0.2, 0) is 19.6 Å². The van der Waals surface area contributed by atoms with Crippen molar-refractivity contribution in [1.29, 1.82) is 0 Å². The van der Waals surface area contributed by atoms with Gasteiger partial charge in [0, 0.05) is 31.5 Å². The van der Waals surface area contributed by atoms with E-state index in [1.807, 2.05) is 19.9 Å². The molecule has 1 N–H and O–H groups in total. The molecule has 8 nitrogen and oxygen atoms in total. The predicted molar refractivity (Wildman–Crippen MR) is 102 cm³/mol. The molecular weight excluding hydrogens is 370 g/mol. The molecule has 27 heavy (non-hydrogen) atoms. The van der Waals surface area contributed by atoms with Crippen LogP contribution in [0.5, 0.6) is 5.88 Å². The number of methoxy groups -OCH3 is 1. The molecular formula is C18H29N3O5S. The summed E-state index contributed by atoms with van der Waals surface area (Å²) in [4.78, 5) is 18.5. The molecule has 1 aliphatic heterocycles. The second-order valence-corrected chi connectivity index (χ2v) is 9.33. The van der Waals surface area contributed by atoms with Gasteiger partial charge >= 0.3 is 0 Å². The van der Waals surface area contributed by atoms with Crippen molar-refractivity contribution >= 4 is 15.9 Å². The Hall–Kier alpha value is -1.71.